The number of hydrogen-bond donors (Lipinski definition) is 0. The van der Waals surface area contributed by atoms with Gasteiger partial charge in [0.05, 0.1) is 11.1 Å². The van der Waals surface area contributed by atoms with Crippen LogP contribution in [0, 0.1) is 13.8 Å². The van der Waals surface area contributed by atoms with Gasteiger partial charge in [0.15, 0.2) is 9.84 Å². The molecule has 0 saturated carbocycles. The van der Waals surface area contributed by atoms with E-state index in [1.165, 1.54) is 6.26 Å². The fraction of sp³-hybridized carbons (Fsp3) is 0.167. The van der Waals surface area contributed by atoms with Crippen LogP contribution in [-0.4, -0.2) is 19.8 Å². The van der Waals surface area contributed by atoms with Crippen LogP contribution in [0.3, 0.4) is 0 Å². The highest BCUT2D eigenvalue weighted by molar-refractivity contribution is 7.90. The van der Waals surface area contributed by atoms with Gasteiger partial charge < -0.3 is 4.52 Å². The number of rotatable bonds is 3. The molecule has 4 nitrogen and oxygen atoms in total. The second-order valence-corrected chi connectivity index (χ2v) is 7.67. The Hall–Kier alpha value is -2.40. The third-order valence-electron chi connectivity index (χ3n) is 3.77. The summed E-state index contributed by atoms with van der Waals surface area (Å²) in [6.07, 6.45) is 4.41. The summed E-state index contributed by atoms with van der Waals surface area (Å²) in [6, 6.07) is 11.6. The molecular formula is C18H17NO3S. The Morgan fingerprint density at radius 3 is 2.22 bits per heavy atom. The van der Waals surface area contributed by atoms with Crippen molar-refractivity contribution >= 4 is 9.84 Å². The lowest BCUT2D eigenvalue weighted by Gasteiger charge is -2.14. The number of hydrogen-bond acceptors (Lipinski definition) is 4. The van der Waals surface area contributed by atoms with Gasteiger partial charge in [-0.1, -0.05) is 35.0 Å². The van der Waals surface area contributed by atoms with Crippen LogP contribution in [-0.2, 0) is 9.84 Å². The molecule has 0 spiro atoms. The standard InChI is InChI=1S/C18H17NO3S/c1-12-4-6-14(7-5-12)17-9-15(16-10-19-22-11-16)8-13(2)18(17)23(3,20)21/h4-11H,1-3H3. The van der Waals surface area contributed by atoms with Gasteiger partial charge in [0.2, 0.25) is 0 Å². The van der Waals surface area contributed by atoms with E-state index in [2.05, 4.69) is 5.16 Å². The molecule has 0 N–H and O–H groups in total. The van der Waals surface area contributed by atoms with Crippen LogP contribution >= 0.6 is 0 Å². The SMILES string of the molecule is Cc1ccc(-c2cc(-c3cnoc3)cc(C)c2S(C)(=O)=O)cc1. The summed E-state index contributed by atoms with van der Waals surface area (Å²) in [5.74, 6) is 0. The molecule has 118 valence electrons. The molecule has 2 aromatic carbocycles. The number of sulfone groups is 1. The highest BCUT2D eigenvalue weighted by Crippen LogP contribution is 2.35. The summed E-state index contributed by atoms with van der Waals surface area (Å²) in [5, 5.41) is 3.72. The minimum absolute atomic E-state index is 0.363. The molecule has 1 heterocycles. The predicted octanol–water partition coefficient (Wildman–Crippen LogP) is 4.03. The monoisotopic (exact) mass is 327 g/mol. The molecule has 0 aliphatic carbocycles. The smallest absolute Gasteiger partial charge is 0.176 e. The van der Waals surface area contributed by atoms with Crippen LogP contribution in [0.25, 0.3) is 22.3 Å². The third kappa shape index (κ3) is 3.05. The third-order valence-corrected chi connectivity index (χ3v) is 5.06. The minimum Gasteiger partial charge on any atom is -0.364 e. The lowest BCUT2D eigenvalue weighted by Crippen LogP contribution is -2.03. The number of aromatic nitrogens is 1. The molecule has 0 aliphatic rings. The Morgan fingerprint density at radius 1 is 0.957 bits per heavy atom. The maximum absolute atomic E-state index is 12.3. The van der Waals surface area contributed by atoms with Gasteiger partial charge in [0.1, 0.15) is 6.26 Å². The fourth-order valence-corrected chi connectivity index (χ4v) is 3.95. The van der Waals surface area contributed by atoms with Gasteiger partial charge in [-0.25, -0.2) is 8.42 Å². The van der Waals surface area contributed by atoms with Crippen LogP contribution in [0.1, 0.15) is 11.1 Å². The lowest BCUT2D eigenvalue weighted by atomic mass is 9.97. The highest BCUT2D eigenvalue weighted by Gasteiger charge is 2.19. The molecule has 0 atom stereocenters. The maximum atomic E-state index is 12.3. The second-order valence-electron chi connectivity index (χ2n) is 5.72. The zero-order chi connectivity index (χ0) is 16.6. The predicted molar refractivity (Wildman–Crippen MR) is 90.0 cm³/mol. The Bertz CT molecular complexity index is 941. The quantitative estimate of drug-likeness (QED) is 0.729. The van der Waals surface area contributed by atoms with E-state index in [-0.39, 0.29) is 0 Å². The van der Waals surface area contributed by atoms with Crippen molar-refractivity contribution in [2.75, 3.05) is 6.26 Å². The molecule has 0 radical (unpaired) electrons. The molecule has 3 aromatic rings. The maximum Gasteiger partial charge on any atom is 0.176 e. The van der Waals surface area contributed by atoms with E-state index in [1.807, 2.05) is 50.2 Å². The van der Waals surface area contributed by atoms with Crippen molar-refractivity contribution in [3.8, 4) is 22.3 Å². The van der Waals surface area contributed by atoms with Crippen molar-refractivity contribution in [1.82, 2.24) is 5.16 Å². The van der Waals surface area contributed by atoms with E-state index in [0.717, 1.165) is 22.3 Å². The summed E-state index contributed by atoms with van der Waals surface area (Å²) in [7, 11) is -3.35. The van der Waals surface area contributed by atoms with Crippen LogP contribution in [0.15, 0.2) is 58.3 Å². The van der Waals surface area contributed by atoms with Crippen molar-refractivity contribution in [1.29, 1.82) is 0 Å². The molecular weight excluding hydrogens is 310 g/mol. The van der Waals surface area contributed by atoms with Crippen molar-refractivity contribution in [2.24, 2.45) is 0 Å². The van der Waals surface area contributed by atoms with Crippen molar-refractivity contribution < 1.29 is 12.9 Å². The fourth-order valence-electron chi connectivity index (χ4n) is 2.73. The molecule has 0 unspecified atom stereocenters. The van der Waals surface area contributed by atoms with Crippen LogP contribution in [0.2, 0.25) is 0 Å². The van der Waals surface area contributed by atoms with E-state index < -0.39 is 9.84 Å². The summed E-state index contributed by atoms with van der Waals surface area (Å²) >= 11 is 0. The molecule has 0 amide bonds. The Morgan fingerprint density at radius 2 is 1.65 bits per heavy atom. The average Bonchev–Trinajstić information content (AvgIpc) is 3.00. The molecule has 1 aromatic heterocycles. The molecule has 0 saturated heterocycles. The number of aryl methyl sites for hydroxylation is 2. The van der Waals surface area contributed by atoms with E-state index in [0.29, 0.717) is 16.0 Å². The van der Waals surface area contributed by atoms with E-state index in [1.54, 1.807) is 12.5 Å². The normalized spacial score (nSPS) is 11.6. The lowest BCUT2D eigenvalue weighted by molar-refractivity contribution is 0.420. The van der Waals surface area contributed by atoms with Gasteiger partial charge in [-0.3, -0.25) is 0 Å². The van der Waals surface area contributed by atoms with E-state index in [9.17, 15) is 8.42 Å². The molecule has 23 heavy (non-hydrogen) atoms. The minimum atomic E-state index is -3.35. The first kappa shape index (κ1) is 15.5. The summed E-state index contributed by atoms with van der Waals surface area (Å²) in [4.78, 5) is 0.363. The Balaban J connectivity index is 2.31. The van der Waals surface area contributed by atoms with Gasteiger partial charge in [0.25, 0.3) is 0 Å². The highest BCUT2D eigenvalue weighted by atomic mass is 32.2. The van der Waals surface area contributed by atoms with Crippen LogP contribution < -0.4 is 0 Å². The van der Waals surface area contributed by atoms with E-state index in [4.69, 9.17) is 4.52 Å². The molecule has 0 aliphatic heterocycles. The number of nitrogens with zero attached hydrogens (tertiary/aromatic N) is 1. The van der Waals surface area contributed by atoms with Gasteiger partial charge in [-0.2, -0.15) is 0 Å². The first-order chi connectivity index (χ1) is 10.9. The Kier molecular flexibility index (Phi) is 3.82. The topological polar surface area (TPSA) is 60.2 Å². The Labute approximate surface area is 135 Å². The largest absolute Gasteiger partial charge is 0.364 e. The number of benzene rings is 2. The van der Waals surface area contributed by atoms with Crippen LogP contribution in [0.4, 0.5) is 0 Å². The molecule has 0 fully saturated rings. The van der Waals surface area contributed by atoms with Crippen molar-refractivity contribution in [3.05, 3.63) is 60.0 Å². The molecule has 3 rings (SSSR count). The first-order valence-electron chi connectivity index (χ1n) is 7.18. The zero-order valence-corrected chi connectivity index (χ0v) is 14.0. The molecule has 5 heteroatoms. The van der Waals surface area contributed by atoms with Gasteiger partial charge in [-0.15, -0.1) is 0 Å². The van der Waals surface area contributed by atoms with Gasteiger partial charge in [0, 0.05) is 17.4 Å². The zero-order valence-electron chi connectivity index (χ0n) is 13.2. The summed E-state index contributed by atoms with van der Waals surface area (Å²) in [5.41, 5.74) is 5.11. The van der Waals surface area contributed by atoms with Gasteiger partial charge >= 0.3 is 0 Å². The second kappa shape index (κ2) is 5.66. The van der Waals surface area contributed by atoms with E-state index >= 15 is 0 Å². The summed E-state index contributed by atoms with van der Waals surface area (Å²) in [6.45, 7) is 3.81. The summed E-state index contributed by atoms with van der Waals surface area (Å²) < 4.78 is 29.5. The van der Waals surface area contributed by atoms with Crippen molar-refractivity contribution in [2.45, 2.75) is 18.7 Å². The van der Waals surface area contributed by atoms with Gasteiger partial charge in [-0.05, 0) is 42.7 Å². The average molecular weight is 327 g/mol. The molecule has 0 bridgehead atoms. The van der Waals surface area contributed by atoms with Crippen LogP contribution in [0.5, 0.6) is 0 Å². The first-order valence-corrected chi connectivity index (χ1v) is 9.07. The van der Waals surface area contributed by atoms with Crippen molar-refractivity contribution in [3.63, 3.8) is 0 Å².